The SMILES string of the molecule is Cc1cnc(CNCc2cccc3c2OCCO3)o1. The van der Waals surface area contributed by atoms with E-state index >= 15 is 0 Å². The summed E-state index contributed by atoms with van der Waals surface area (Å²) in [6.45, 7) is 4.38. The summed E-state index contributed by atoms with van der Waals surface area (Å²) in [5, 5.41) is 3.29. The van der Waals surface area contributed by atoms with Gasteiger partial charge in [-0.3, -0.25) is 0 Å². The average molecular weight is 260 g/mol. The van der Waals surface area contributed by atoms with Crippen LogP contribution in [0.3, 0.4) is 0 Å². The number of hydrogen-bond acceptors (Lipinski definition) is 5. The Morgan fingerprint density at radius 3 is 2.95 bits per heavy atom. The number of para-hydroxylation sites is 1. The molecule has 0 unspecified atom stereocenters. The van der Waals surface area contributed by atoms with E-state index < -0.39 is 0 Å². The van der Waals surface area contributed by atoms with Gasteiger partial charge in [-0.05, 0) is 13.0 Å². The fraction of sp³-hybridized carbons (Fsp3) is 0.357. The van der Waals surface area contributed by atoms with Crippen molar-refractivity contribution in [1.82, 2.24) is 10.3 Å². The van der Waals surface area contributed by atoms with E-state index in [0.29, 0.717) is 32.2 Å². The number of aryl methyl sites for hydroxylation is 1. The fourth-order valence-corrected chi connectivity index (χ4v) is 2.06. The first-order valence-electron chi connectivity index (χ1n) is 6.32. The summed E-state index contributed by atoms with van der Waals surface area (Å²) in [4.78, 5) is 4.15. The molecule has 1 aliphatic rings. The van der Waals surface area contributed by atoms with E-state index in [0.717, 1.165) is 22.8 Å². The Kier molecular flexibility index (Phi) is 3.37. The van der Waals surface area contributed by atoms with Gasteiger partial charge < -0.3 is 19.2 Å². The number of rotatable bonds is 4. The van der Waals surface area contributed by atoms with Gasteiger partial charge in [0.2, 0.25) is 5.89 Å². The molecular formula is C14H16N2O3. The molecule has 3 rings (SSSR count). The summed E-state index contributed by atoms with van der Waals surface area (Å²) in [6, 6.07) is 5.93. The monoisotopic (exact) mass is 260 g/mol. The van der Waals surface area contributed by atoms with E-state index in [4.69, 9.17) is 13.9 Å². The van der Waals surface area contributed by atoms with Crippen LogP contribution >= 0.6 is 0 Å². The third-order valence-corrected chi connectivity index (χ3v) is 2.91. The Labute approximate surface area is 111 Å². The Balaban J connectivity index is 1.64. The molecule has 0 spiro atoms. The number of hydrogen-bond donors (Lipinski definition) is 1. The molecule has 0 amide bonds. The van der Waals surface area contributed by atoms with Crippen molar-refractivity contribution in [2.75, 3.05) is 13.2 Å². The van der Waals surface area contributed by atoms with E-state index in [9.17, 15) is 0 Å². The number of aromatic nitrogens is 1. The van der Waals surface area contributed by atoms with Crippen molar-refractivity contribution in [1.29, 1.82) is 0 Å². The first-order chi connectivity index (χ1) is 9.33. The van der Waals surface area contributed by atoms with Gasteiger partial charge in [0.25, 0.3) is 0 Å². The number of nitrogens with zero attached hydrogens (tertiary/aromatic N) is 1. The second-order valence-corrected chi connectivity index (χ2v) is 4.41. The summed E-state index contributed by atoms with van der Waals surface area (Å²) in [5.74, 6) is 3.17. The normalized spacial score (nSPS) is 13.5. The van der Waals surface area contributed by atoms with Crippen molar-refractivity contribution in [3.63, 3.8) is 0 Å². The molecule has 1 aliphatic heterocycles. The highest BCUT2D eigenvalue weighted by atomic mass is 16.6. The van der Waals surface area contributed by atoms with Gasteiger partial charge in [0.1, 0.15) is 19.0 Å². The van der Waals surface area contributed by atoms with Crippen LogP contribution in [0.5, 0.6) is 11.5 Å². The van der Waals surface area contributed by atoms with Crippen molar-refractivity contribution < 1.29 is 13.9 Å². The number of nitrogens with one attached hydrogen (secondary N) is 1. The molecule has 1 N–H and O–H groups in total. The van der Waals surface area contributed by atoms with E-state index in [1.165, 1.54) is 0 Å². The molecule has 100 valence electrons. The molecule has 1 aromatic heterocycles. The molecule has 2 aromatic rings. The lowest BCUT2D eigenvalue weighted by Crippen LogP contribution is -2.19. The van der Waals surface area contributed by atoms with Crippen LogP contribution in [0.25, 0.3) is 0 Å². The summed E-state index contributed by atoms with van der Waals surface area (Å²) >= 11 is 0. The molecule has 0 fully saturated rings. The van der Waals surface area contributed by atoms with Crippen LogP contribution in [0.1, 0.15) is 17.2 Å². The molecule has 5 nitrogen and oxygen atoms in total. The van der Waals surface area contributed by atoms with Crippen LogP contribution in [-0.4, -0.2) is 18.2 Å². The smallest absolute Gasteiger partial charge is 0.208 e. The molecule has 1 aromatic carbocycles. The first-order valence-corrected chi connectivity index (χ1v) is 6.32. The van der Waals surface area contributed by atoms with Crippen molar-refractivity contribution in [2.45, 2.75) is 20.0 Å². The maximum absolute atomic E-state index is 5.66. The number of fused-ring (bicyclic) bond motifs is 1. The molecule has 0 bridgehead atoms. The zero-order valence-electron chi connectivity index (χ0n) is 10.8. The lowest BCUT2D eigenvalue weighted by Gasteiger charge is -2.20. The zero-order valence-corrected chi connectivity index (χ0v) is 10.8. The average Bonchev–Trinajstić information content (AvgIpc) is 2.85. The van der Waals surface area contributed by atoms with Crippen LogP contribution in [0.15, 0.2) is 28.8 Å². The van der Waals surface area contributed by atoms with E-state index in [1.807, 2.05) is 25.1 Å². The molecule has 2 heterocycles. The van der Waals surface area contributed by atoms with E-state index in [-0.39, 0.29) is 0 Å². The second-order valence-electron chi connectivity index (χ2n) is 4.41. The van der Waals surface area contributed by atoms with Crippen LogP contribution < -0.4 is 14.8 Å². The van der Waals surface area contributed by atoms with Gasteiger partial charge in [0.05, 0.1) is 12.7 Å². The summed E-state index contributed by atoms with van der Waals surface area (Å²) < 4.78 is 16.6. The van der Waals surface area contributed by atoms with Gasteiger partial charge in [0, 0.05) is 12.1 Å². The molecule has 0 saturated carbocycles. The predicted molar refractivity (Wildman–Crippen MR) is 69.2 cm³/mol. The highest BCUT2D eigenvalue weighted by Crippen LogP contribution is 2.33. The van der Waals surface area contributed by atoms with Gasteiger partial charge in [-0.25, -0.2) is 4.98 Å². The number of oxazole rings is 1. The van der Waals surface area contributed by atoms with E-state index in [1.54, 1.807) is 6.20 Å². The van der Waals surface area contributed by atoms with Gasteiger partial charge in [-0.2, -0.15) is 0 Å². The Bertz CT molecular complexity index is 566. The topological polar surface area (TPSA) is 56.5 Å². The van der Waals surface area contributed by atoms with Crippen LogP contribution in [0.2, 0.25) is 0 Å². The minimum Gasteiger partial charge on any atom is -0.486 e. The van der Waals surface area contributed by atoms with Crippen molar-refractivity contribution >= 4 is 0 Å². The molecule has 0 radical (unpaired) electrons. The lowest BCUT2D eigenvalue weighted by molar-refractivity contribution is 0.169. The van der Waals surface area contributed by atoms with Crippen molar-refractivity contribution in [3.05, 3.63) is 41.6 Å². The summed E-state index contributed by atoms with van der Waals surface area (Å²) in [7, 11) is 0. The molecule has 0 aliphatic carbocycles. The van der Waals surface area contributed by atoms with Crippen LogP contribution in [-0.2, 0) is 13.1 Å². The molecule has 19 heavy (non-hydrogen) atoms. The Hall–Kier alpha value is -2.01. The maximum atomic E-state index is 5.66. The minimum atomic E-state index is 0.596. The highest BCUT2D eigenvalue weighted by Gasteiger charge is 2.15. The lowest BCUT2D eigenvalue weighted by atomic mass is 10.1. The third kappa shape index (κ3) is 2.71. The van der Waals surface area contributed by atoms with Gasteiger partial charge >= 0.3 is 0 Å². The molecule has 5 heteroatoms. The highest BCUT2D eigenvalue weighted by molar-refractivity contribution is 5.47. The second kappa shape index (κ2) is 5.32. The maximum Gasteiger partial charge on any atom is 0.208 e. The third-order valence-electron chi connectivity index (χ3n) is 2.91. The fourth-order valence-electron chi connectivity index (χ4n) is 2.06. The van der Waals surface area contributed by atoms with Gasteiger partial charge in [0.15, 0.2) is 11.5 Å². The quantitative estimate of drug-likeness (QED) is 0.911. The first kappa shape index (κ1) is 12.0. The van der Waals surface area contributed by atoms with Crippen molar-refractivity contribution in [3.8, 4) is 11.5 Å². The predicted octanol–water partition coefficient (Wildman–Crippen LogP) is 2.04. The molecular weight excluding hydrogens is 244 g/mol. The van der Waals surface area contributed by atoms with E-state index in [2.05, 4.69) is 10.3 Å². The standard InChI is InChI=1S/C14H16N2O3/c1-10-7-16-13(19-10)9-15-8-11-3-2-4-12-14(11)18-6-5-17-12/h2-4,7,15H,5-6,8-9H2,1H3. The zero-order chi connectivity index (χ0) is 13.1. The van der Waals surface area contributed by atoms with Crippen LogP contribution in [0, 0.1) is 6.92 Å². The molecule has 0 saturated heterocycles. The number of ether oxygens (including phenoxy) is 2. The Morgan fingerprint density at radius 2 is 2.11 bits per heavy atom. The van der Waals surface area contributed by atoms with Crippen molar-refractivity contribution in [2.24, 2.45) is 0 Å². The largest absolute Gasteiger partial charge is 0.486 e. The molecule has 0 atom stereocenters. The summed E-state index contributed by atoms with van der Waals surface area (Å²) in [5.41, 5.74) is 1.08. The summed E-state index contributed by atoms with van der Waals surface area (Å²) in [6.07, 6.45) is 1.72. The van der Waals surface area contributed by atoms with Gasteiger partial charge in [-0.15, -0.1) is 0 Å². The minimum absolute atomic E-state index is 0.596. The van der Waals surface area contributed by atoms with Gasteiger partial charge in [-0.1, -0.05) is 12.1 Å². The van der Waals surface area contributed by atoms with Crippen LogP contribution in [0.4, 0.5) is 0 Å². The Morgan fingerprint density at radius 1 is 1.21 bits per heavy atom. The number of benzene rings is 1.